The average Bonchev–Trinajstić information content (AvgIpc) is 2.92. The van der Waals surface area contributed by atoms with Crippen LogP contribution in [0, 0.1) is 0 Å². The number of urea groups is 1. The van der Waals surface area contributed by atoms with Crippen molar-refractivity contribution >= 4 is 17.7 Å². The first kappa shape index (κ1) is 13.3. The molecule has 2 N–H and O–H groups in total. The molecule has 7 heteroatoms. The van der Waals surface area contributed by atoms with E-state index in [4.69, 9.17) is 9.84 Å². The molecule has 2 heterocycles. The molecule has 1 aliphatic heterocycles. The van der Waals surface area contributed by atoms with Crippen molar-refractivity contribution in [3.63, 3.8) is 0 Å². The Labute approximate surface area is 110 Å². The molecule has 0 saturated carbocycles. The number of pyridine rings is 1. The van der Waals surface area contributed by atoms with E-state index in [1.54, 1.807) is 11.9 Å². The maximum Gasteiger partial charge on any atom is 0.354 e. The summed E-state index contributed by atoms with van der Waals surface area (Å²) in [5.41, 5.74) is 0.399. The van der Waals surface area contributed by atoms with E-state index >= 15 is 0 Å². The summed E-state index contributed by atoms with van der Waals surface area (Å²) in [5, 5.41) is 11.4. The number of hydrogen-bond acceptors (Lipinski definition) is 4. The van der Waals surface area contributed by atoms with Crippen molar-refractivity contribution in [1.29, 1.82) is 0 Å². The van der Waals surface area contributed by atoms with Crippen LogP contribution >= 0.6 is 0 Å². The lowest BCUT2D eigenvalue weighted by molar-refractivity contribution is 0.0690. The Bertz CT molecular complexity index is 468. The highest BCUT2D eigenvalue weighted by molar-refractivity contribution is 5.90. The third kappa shape index (κ3) is 3.19. The van der Waals surface area contributed by atoms with E-state index in [0.717, 1.165) is 6.42 Å². The lowest BCUT2D eigenvalue weighted by atomic mass is 10.2. The van der Waals surface area contributed by atoms with Crippen LogP contribution in [0.1, 0.15) is 16.9 Å². The Morgan fingerprint density at radius 3 is 2.84 bits per heavy atom. The van der Waals surface area contributed by atoms with E-state index in [1.807, 2.05) is 0 Å². The van der Waals surface area contributed by atoms with E-state index in [1.165, 1.54) is 18.3 Å². The topological polar surface area (TPSA) is 91.8 Å². The summed E-state index contributed by atoms with van der Waals surface area (Å²) in [7, 11) is 1.70. The van der Waals surface area contributed by atoms with Crippen molar-refractivity contribution < 1.29 is 19.4 Å². The number of amides is 2. The fraction of sp³-hybridized carbons (Fsp3) is 0.417. The lowest BCUT2D eigenvalue weighted by Gasteiger charge is -2.23. The molecule has 1 saturated heterocycles. The quantitative estimate of drug-likeness (QED) is 0.851. The largest absolute Gasteiger partial charge is 0.477 e. The maximum atomic E-state index is 11.9. The minimum absolute atomic E-state index is 0.0597. The van der Waals surface area contributed by atoms with Crippen LogP contribution in [-0.2, 0) is 4.74 Å². The number of anilines is 1. The molecule has 1 aromatic rings. The van der Waals surface area contributed by atoms with Crippen LogP contribution in [0.4, 0.5) is 10.5 Å². The SMILES string of the molecule is CN(C(=O)Nc1ccc(C(=O)O)nc1)C1CCOC1. The first-order valence-corrected chi connectivity index (χ1v) is 5.89. The summed E-state index contributed by atoms with van der Waals surface area (Å²) in [6.07, 6.45) is 2.14. The van der Waals surface area contributed by atoms with Crippen LogP contribution in [0.15, 0.2) is 18.3 Å². The van der Waals surface area contributed by atoms with E-state index in [-0.39, 0.29) is 17.8 Å². The number of rotatable bonds is 3. The Hall–Kier alpha value is -2.15. The third-order valence-electron chi connectivity index (χ3n) is 3.01. The predicted molar refractivity (Wildman–Crippen MR) is 67.2 cm³/mol. The zero-order chi connectivity index (χ0) is 13.8. The summed E-state index contributed by atoms with van der Waals surface area (Å²) in [4.78, 5) is 27.9. The van der Waals surface area contributed by atoms with Gasteiger partial charge in [0.2, 0.25) is 0 Å². The van der Waals surface area contributed by atoms with Crippen molar-refractivity contribution in [2.75, 3.05) is 25.6 Å². The molecule has 0 radical (unpaired) electrons. The Morgan fingerprint density at radius 1 is 1.53 bits per heavy atom. The second-order valence-electron chi connectivity index (χ2n) is 4.30. The van der Waals surface area contributed by atoms with Crippen LogP contribution in [-0.4, -0.2) is 53.3 Å². The summed E-state index contributed by atoms with van der Waals surface area (Å²) in [5.74, 6) is -1.10. The first-order chi connectivity index (χ1) is 9.08. The van der Waals surface area contributed by atoms with Crippen molar-refractivity contribution in [3.8, 4) is 0 Å². The maximum absolute atomic E-state index is 11.9. The summed E-state index contributed by atoms with van der Waals surface area (Å²) >= 11 is 0. The molecular formula is C12H15N3O4. The normalized spacial score (nSPS) is 18.1. The van der Waals surface area contributed by atoms with Gasteiger partial charge in [-0.05, 0) is 18.6 Å². The minimum Gasteiger partial charge on any atom is -0.477 e. The standard InChI is InChI=1S/C12H15N3O4/c1-15(9-4-5-19-7-9)12(18)14-8-2-3-10(11(16)17)13-6-8/h2-3,6,9H,4-5,7H2,1H3,(H,14,18)(H,16,17). The zero-order valence-electron chi connectivity index (χ0n) is 10.5. The highest BCUT2D eigenvalue weighted by Crippen LogP contribution is 2.13. The van der Waals surface area contributed by atoms with Gasteiger partial charge in [-0.3, -0.25) is 0 Å². The fourth-order valence-electron chi connectivity index (χ4n) is 1.80. The van der Waals surface area contributed by atoms with Crippen LogP contribution < -0.4 is 5.32 Å². The predicted octanol–water partition coefficient (Wildman–Crippen LogP) is 1.03. The molecule has 0 bridgehead atoms. The van der Waals surface area contributed by atoms with Gasteiger partial charge in [0.05, 0.1) is 24.5 Å². The molecule has 7 nitrogen and oxygen atoms in total. The Balaban J connectivity index is 1.96. The molecule has 19 heavy (non-hydrogen) atoms. The first-order valence-electron chi connectivity index (χ1n) is 5.89. The molecule has 0 spiro atoms. The number of aromatic nitrogens is 1. The summed E-state index contributed by atoms with van der Waals surface area (Å²) < 4.78 is 5.22. The zero-order valence-corrected chi connectivity index (χ0v) is 10.5. The third-order valence-corrected chi connectivity index (χ3v) is 3.01. The van der Waals surface area contributed by atoms with Crippen LogP contribution in [0.5, 0.6) is 0 Å². The number of nitrogens with zero attached hydrogens (tertiary/aromatic N) is 2. The van der Waals surface area contributed by atoms with Crippen LogP contribution in [0.3, 0.4) is 0 Å². The molecule has 1 atom stereocenters. The molecular weight excluding hydrogens is 250 g/mol. The molecule has 1 aliphatic rings. The van der Waals surface area contributed by atoms with Crippen LogP contribution in [0.2, 0.25) is 0 Å². The number of aromatic carboxylic acids is 1. The van der Waals surface area contributed by atoms with E-state index < -0.39 is 5.97 Å². The Kier molecular flexibility index (Phi) is 3.96. The second kappa shape index (κ2) is 5.66. The molecule has 2 amide bonds. The number of likely N-dealkylation sites (N-methyl/N-ethyl adjacent to an activating group) is 1. The summed E-state index contributed by atoms with van der Waals surface area (Å²) in [6.45, 7) is 1.21. The van der Waals surface area contributed by atoms with Gasteiger partial charge >= 0.3 is 12.0 Å². The van der Waals surface area contributed by atoms with Crippen molar-refractivity contribution in [3.05, 3.63) is 24.0 Å². The second-order valence-corrected chi connectivity index (χ2v) is 4.30. The van der Waals surface area contributed by atoms with Gasteiger partial charge in [-0.2, -0.15) is 0 Å². The number of ether oxygens (including phenoxy) is 1. The van der Waals surface area contributed by atoms with Gasteiger partial charge < -0.3 is 20.1 Å². The fourth-order valence-corrected chi connectivity index (χ4v) is 1.80. The smallest absolute Gasteiger partial charge is 0.354 e. The Morgan fingerprint density at radius 2 is 2.32 bits per heavy atom. The molecule has 0 aliphatic carbocycles. The number of carbonyl (C=O) groups excluding carboxylic acids is 1. The van der Waals surface area contributed by atoms with Crippen molar-refractivity contribution in [2.45, 2.75) is 12.5 Å². The van der Waals surface area contributed by atoms with Gasteiger partial charge in [0.15, 0.2) is 0 Å². The molecule has 1 aromatic heterocycles. The molecule has 1 unspecified atom stereocenters. The molecule has 0 aromatic carbocycles. The number of nitrogens with one attached hydrogen (secondary N) is 1. The molecule has 1 fully saturated rings. The highest BCUT2D eigenvalue weighted by Gasteiger charge is 2.24. The van der Waals surface area contributed by atoms with Gasteiger partial charge in [-0.25, -0.2) is 14.6 Å². The van der Waals surface area contributed by atoms with Gasteiger partial charge in [0.25, 0.3) is 0 Å². The molecule has 2 rings (SSSR count). The van der Waals surface area contributed by atoms with Crippen molar-refractivity contribution in [2.24, 2.45) is 0 Å². The minimum atomic E-state index is -1.10. The monoisotopic (exact) mass is 265 g/mol. The van der Waals surface area contributed by atoms with Gasteiger partial charge in [-0.15, -0.1) is 0 Å². The average molecular weight is 265 g/mol. The highest BCUT2D eigenvalue weighted by atomic mass is 16.5. The summed E-state index contributed by atoms with van der Waals surface area (Å²) in [6, 6.07) is 2.66. The van der Waals surface area contributed by atoms with E-state index in [2.05, 4.69) is 10.3 Å². The number of carbonyl (C=O) groups is 2. The van der Waals surface area contributed by atoms with E-state index in [0.29, 0.717) is 18.9 Å². The molecule has 102 valence electrons. The van der Waals surface area contributed by atoms with Gasteiger partial charge in [0, 0.05) is 13.7 Å². The number of carboxylic acid groups (broad SMARTS) is 1. The van der Waals surface area contributed by atoms with Gasteiger partial charge in [-0.1, -0.05) is 0 Å². The van der Waals surface area contributed by atoms with Crippen molar-refractivity contribution in [1.82, 2.24) is 9.88 Å². The number of carboxylic acids is 1. The van der Waals surface area contributed by atoms with E-state index in [9.17, 15) is 9.59 Å². The number of hydrogen-bond donors (Lipinski definition) is 2. The lowest BCUT2D eigenvalue weighted by Crippen LogP contribution is -2.40. The van der Waals surface area contributed by atoms with Crippen LogP contribution in [0.25, 0.3) is 0 Å². The van der Waals surface area contributed by atoms with Gasteiger partial charge in [0.1, 0.15) is 5.69 Å².